The smallest absolute Gasteiger partial charge is 0.240 e. The number of benzene rings is 1. The minimum atomic E-state index is -3.54. The van der Waals surface area contributed by atoms with E-state index in [1.807, 2.05) is 0 Å². The van der Waals surface area contributed by atoms with Gasteiger partial charge in [-0.2, -0.15) is 0 Å². The minimum Gasteiger partial charge on any atom is -0.486 e. The SMILES string of the molecule is O=S(=O)(NC1CCC(Cl)CC1)c1ccc2c(c1)OCCO2. The van der Waals surface area contributed by atoms with E-state index in [0.29, 0.717) is 24.7 Å². The Labute approximate surface area is 129 Å². The van der Waals surface area contributed by atoms with Crippen molar-refractivity contribution in [3.63, 3.8) is 0 Å². The molecule has 1 aromatic rings. The lowest BCUT2D eigenvalue weighted by Gasteiger charge is -2.26. The van der Waals surface area contributed by atoms with Crippen LogP contribution in [0, 0.1) is 0 Å². The minimum absolute atomic E-state index is 0.0433. The molecule has 21 heavy (non-hydrogen) atoms. The third-order valence-electron chi connectivity index (χ3n) is 3.80. The number of nitrogens with one attached hydrogen (secondary N) is 1. The highest BCUT2D eigenvalue weighted by atomic mass is 35.5. The van der Waals surface area contributed by atoms with Gasteiger partial charge in [-0.25, -0.2) is 13.1 Å². The average Bonchev–Trinajstić information content (AvgIpc) is 2.49. The summed E-state index contributed by atoms with van der Waals surface area (Å²) in [7, 11) is -3.54. The van der Waals surface area contributed by atoms with Crippen LogP contribution in [0.25, 0.3) is 0 Å². The maximum absolute atomic E-state index is 12.4. The van der Waals surface area contributed by atoms with Gasteiger partial charge in [-0.15, -0.1) is 11.6 Å². The highest BCUT2D eigenvalue weighted by Gasteiger charge is 2.26. The Hall–Kier alpha value is -0.980. The van der Waals surface area contributed by atoms with Crippen LogP contribution >= 0.6 is 11.6 Å². The topological polar surface area (TPSA) is 64.6 Å². The number of rotatable bonds is 3. The molecule has 0 unspecified atom stereocenters. The number of hydrogen-bond acceptors (Lipinski definition) is 4. The third-order valence-corrected chi connectivity index (χ3v) is 5.76. The van der Waals surface area contributed by atoms with Gasteiger partial charge >= 0.3 is 0 Å². The van der Waals surface area contributed by atoms with Gasteiger partial charge in [0.25, 0.3) is 0 Å². The van der Waals surface area contributed by atoms with Crippen molar-refractivity contribution in [2.24, 2.45) is 0 Å². The van der Waals surface area contributed by atoms with Crippen LogP contribution in [0.15, 0.2) is 23.1 Å². The summed E-state index contributed by atoms with van der Waals surface area (Å²) in [6.07, 6.45) is 3.24. The van der Waals surface area contributed by atoms with Crippen molar-refractivity contribution in [1.82, 2.24) is 4.72 Å². The van der Waals surface area contributed by atoms with Crippen LogP contribution in [0.2, 0.25) is 0 Å². The van der Waals surface area contributed by atoms with E-state index in [4.69, 9.17) is 21.1 Å². The monoisotopic (exact) mass is 331 g/mol. The molecule has 0 aromatic heterocycles. The van der Waals surface area contributed by atoms with Gasteiger partial charge in [0.05, 0.1) is 4.90 Å². The molecule has 1 N–H and O–H groups in total. The first kappa shape index (κ1) is 14.9. The predicted octanol–water partition coefficient (Wildman–Crippen LogP) is 2.29. The summed E-state index contributed by atoms with van der Waals surface area (Å²) < 4.78 is 38.4. The zero-order chi connectivity index (χ0) is 14.9. The van der Waals surface area contributed by atoms with Crippen molar-refractivity contribution in [3.8, 4) is 11.5 Å². The van der Waals surface area contributed by atoms with Gasteiger partial charge in [0, 0.05) is 17.5 Å². The summed E-state index contributed by atoms with van der Waals surface area (Å²) in [5, 5.41) is 0.167. The van der Waals surface area contributed by atoms with Gasteiger partial charge in [-0.1, -0.05) is 0 Å². The van der Waals surface area contributed by atoms with E-state index in [1.54, 1.807) is 12.1 Å². The van der Waals surface area contributed by atoms with Crippen LogP contribution in [0.1, 0.15) is 25.7 Å². The average molecular weight is 332 g/mol. The summed E-state index contributed by atoms with van der Waals surface area (Å²) in [6.45, 7) is 0.919. The second-order valence-electron chi connectivity index (χ2n) is 5.38. The maximum Gasteiger partial charge on any atom is 0.240 e. The molecular formula is C14H18ClNO4S. The largest absolute Gasteiger partial charge is 0.486 e. The third kappa shape index (κ3) is 3.44. The standard InChI is InChI=1S/C14H18ClNO4S/c15-10-1-3-11(4-2-10)16-21(17,18)12-5-6-13-14(9-12)20-8-7-19-13/h5-6,9-11,16H,1-4,7-8H2. The molecule has 0 radical (unpaired) electrons. The second-order valence-corrected chi connectivity index (χ2v) is 7.71. The van der Waals surface area contributed by atoms with Crippen LogP contribution in [0.4, 0.5) is 0 Å². The first-order chi connectivity index (χ1) is 10.0. The predicted molar refractivity (Wildman–Crippen MR) is 79.7 cm³/mol. The quantitative estimate of drug-likeness (QED) is 0.863. The molecule has 2 aliphatic rings. The molecule has 0 saturated heterocycles. The van der Waals surface area contributed by atoms with Gasteiger partial charge in [0.1, 0.15) is 13.2 Å². The summed E-state index contributed by atoms with van der Waals surface area (Å²) in [5.41, 5.74) is 0. The number of halogens is 1. The Morgan fingerprint density at radius 2 is 1.71 bits per heavy atom. The van der Waals surface area contributed by atoms with Gasteiger partial charge in [0.2, 0.25) is 10.0 Å². The van der Waals surface area contributed by atoms with E-state index >= 15 is 0 Å². The Morgan fingerprint density at radius 1 is 1.05 bits per heavy atom. The molecule has 1 saturated carbocycles. The molecule has 116 valence electrons. The lowest BCUT2D eigenvalue weighted by molar-refractivity contribution is 0.171. The Kier molecular flexibility index (Phi) is 4.28. The molecule has 0 bridgehead atoms. The van der Waals surface area contributed by atoms with Gasteiger partial charge in [0.15, 0.2) is 11.5 Å². The fourth-order valence-corrected chi connectivity index (χ4v) is 4.22. The molecule has 0 spiro atoms. The van der Waals surface area contributed by atoms with Gasteiger partial charge < -0.3 is 9.47 Å². The summed E-state index contributed by atoms with van der Waals surface area (Å²) in [5.74, 6) is 1.07. The number of sulfonamides is 1. The van der Waals surface area contributed by atoms with E-state index < -0.39 is 10.0 Å². The van der Waals surface area contributed by atoms with E-state index in [1.165, 1.54) is 6.07 Å². The van der Waals surface area contributed by atoms with Crippen molar-refractivity contribution in [1.29, 1.82) is 0 Å². The fourth-order valence-electron chi connectivity index (χ4n) is 2.65. The Balaban J connectivity index is 1.75. The van der Waals surface area contributed by atoms with Crippen LogP contribution in [0.5, 0.6) is 11.5 Å². The molecule has 1 aliphatic carbocycles. The second kappa shape index (κ2) is 6.02. The molecule has 1 heterocycles. The zero-order valence-electron chi connectivity index (χ0n) is 11.5. The highest BCUT2D eigenvalue weighted by molar-refractivity contribution is 7.89. The number of ether oxygens (including phenoxy) is 2. The highest BCUT2D eigenvalue weighted by Crippen LogP contribution is 2.32. The first-order valence-corrected chi connectivity index (χ1v) is 9.02. The molecule has 1 aromatic carbocycles. The number of alkyl halides is 1. The van der Waals surface area contributed by atoms with Crippen LogP contribution in [-0.4, -0.2) is 33.1 Å². The summed E-state index contributed by atoms with van der Waals surface area (Å²) in [4.78, 5) is 0.208. The Bertz CT molecular complexity index is 611. The normalized spacial score (nSPS) is 25.6. The van der Waals surface area contributed by atoms with Crippen molar-refractivity contribution < 1.29 is 17.9 Å². The molecule has 1 fully saturated rings. The van der Waals surface area contributed by atoms with E-state index in [9.17, 15) is 8.42 Å². The van der Waals surface area contributed by atoms with Gasteiger partial charge in [-0.05, 0) is 37.8 Å². The van der Waals surface area contributed by atoms with Crippen LogP contribution in [-0.2, 0) is 10.0 Å². The summed E-state index contributed by atoms with van der Waals surface area (Å²) in [6, 6.07) is 4.66. The van der Waals surface area contributed by atoms with E-state index in [2.05, 4.69) is 4.72 Å². The van der Waals surface area contributed by atoms with E-state index in [-0.39, 0.29) is 16.3 Å². The van der Waals surface area contributed by atoms with Crippen LogP contribution in [0.3, 0.4) is 0 Å². The zero-order valence-corrected chi connectivity index (χ0v) is 13.1. The molecule has 1 aliphatic heterocycles. The van der Waals surface area contributed by atoms with E-state index in [0.717, 1.165) is 25.7 Å². The molecule has 5 nitrogen and oxygen atoms in total. The van der Waals surface area contributed by atoms with Crippen molar-refractivity contribution in [3.05, 3.63) is 18.2 Å². The summed E-state index contributed by atoms with van der Waals surface area (Å²) >= 11 is 6.04. The van der Waals surface area contributed by atoms with Crippen molar-refractivity contribution in [2.45, 2.75) is 42.0 Å². The molecule has 3 rings (SSSR count). The fraction of sp³-hybridized carbons (Fsp3) is 0.571. The number of hydrogen-bond donors (Lipinski definition) is 1. The first-order valence-electron chi connectivity index (χ1n) is 7.11. The maximum atomic E-state index is 12.4. The number of fused-ring (bicyclic) bond motifs is 1. The van der Waals surface area contributed by atoms with Gasteiger partial charge in [-0.3, -0.25) is 0 Å². The lowest BCUT2D eigenvalue weighted by Crippen LogP contribution is -2.37. The molecular weight excluding hydrogens is 314 g/mol. The molecule has 7 heteroatoms. The van der Waals surface area contributed by atoms with Crippen LogP contribution < -0.4 is 14.2 Å². The van der Waals surface area contributed by atoms with Crippen molar-refractivity contribution >= 4 is 21.6 Å². The lowest BCUT2D eigenvalue weighted by atomic mass is 9.96. The molecule has 0 amide bonds. The Morgan fingerprint density at radius 3 is 2.43 bits per heavy atom. The molecule has 0 atom stereocenters. The van der Waals surface area contributed by atoms with Crippen molar-refractivity contribution in [2.75, 3.05) is 13.2 Å².